The van der Waals surface area contributed by atoms with Crippen LogP contribution in [0.2, 0.25) is 0 Å². The van der Waals surface area contributed by atoms with Crippen molar-refractivity contribution in [2.75, 3.05) is 25.0 Å². The molecule has 1 fully saturated rings. The van der Waals surface area contributed by atoms with E-state index in [4.69, 9.17) is 9.84 Å². The standard InChI is InChI=1S/C26H31N3O5S2/c1-4-16-11-21-19(12-20(16)28-25(32)17-7-10-35-14-17)23(34-15(2)3)24(36-21)26(33)27-18-5-8-29(9-6-18)22(31)13-30/h7,10-12,14-15,18,30H,4-6,8-9,13H2,1-3H3,(H,27,33)(H,28,32). The van der Waals surface area contributed by atoms with Gasteiger partial charge in [0.15, 0.2) is 5.75 Å². The van der Waals surface area contributed by atoms with Gasteiger partial charge in [-0.05, 0) is 62.3 Å². The van der Waals surface area contributed by atoms with Gasteiger partial charge < -0.3 is 25.4 Å². The Morgan fingerprint density at radius 2 is 1.94 bits per heavy atom. The van der Waals surface area contributed by atoms with Gasteiger partial charge in [-0.1, -0.05) is 6.92 Å². The van der Waals surface area contributed by atoms with E-state index >= 15 is 0 Å². The lowest BCUT2D eigenvalue weighted by atomic mass is 10.0. The molecule has 0 spiro atoms. The predicted molar refractivity (Wildman–Crippen MR) is 143 cm³/mol. The van der Waals surface area contributed by atoms with E-state index in [1.54, 1.807) is 11.0 Å². The zero-order valence-corrected chi connectivity index (χ0v) is 22.3. The number of aliphatic hydroxyl groups is 1. The maximum absolute atomic E-state index is 13.4. The van der Waals surface area contributed by atoms with Crippen LogP contribution in [0.3, 0.4) is 0 Å². The molecule has 3 aromatic rings. The zero-order valence-electron chi connectivity index (χ0n) is 20.6. The van der Waals surface area contributed by atoms with Crippen LogP contribution in [-0.4, -0.2) is 59.6 Å². The van der Waals surface area contributed by atoms with Crippen molar-refractivity contribution in [3.8, 4) is 5.75 Å². The number of hydrogen-bond acceptors (Lipinski definition) is 7. The quantitative estimate of drug-likeness (QED) is 0.404. The Labute approximate surface area is 218 Å². The fraction of sp³-hybridized carbons (Fsp3) is 0.423. The molecule has 2 aromatic heterocycles. The summed E-state index contributed by atoms with van der Waals surface area (Å²) in [6.45, 7) is 6.36. The number of anilines is 1. The molecule has 0 radical (unpaired) electrons. The monoisotopic (exact) mass is 529 g/mol. The Balaban J connectivity index is 1.61. The molecule has 0 unspecified atom stereocenters. The Hall–Kier alpha value is -2.95. The molecule has 8 nitrogen and oxygen atoms in total. The summed E-state index contributed by atoms with van der Waals surface area (Å²) in [4.78, 5) is 39.9. The first-order valence-electron chi connectivity index (χ1n) is 12.1. The minimum Gasteiger partial charge on any atom is -0.489 e. The number of piperidine rings is 1. The number of rotatable bonds is 8. The Bertz CT molecular complexity index is 1240. The molecule has 3 N–H and O–H groups in total. The van der Waals surface area contributed by atoms with Crippen molar-refractivity contribution in [2.45, 2.75) is 52.2 Å². The van der Waals surface area contributed by atoms with Crippen LogP contribution in [0.4, 0.5) is 5.69 Å². The Morgan fingerprint density at radius 3 is 2.56 bits per heavy atom. The summed E-state index contributed by atoms with van der Waals surface area (Å²) in [6, 6.07) is 5.65. The summed E-state index contributed by atoms with van der Waals surface area (Å²) in [5.41, 5.74) is 2.30. The van der Waals surface area contributed by atoms with Crippen molar-refractivity contribution >= 4 is 56.2 Å². The molecule has 3 heterocycles. The van der Waals surface area contributed by atoms with Gasteiger partial charge in [-0.2, -0.15) is 11.3 Å². The molecule has 192 valence electrons. The van der Waals surface area contributed by atoms with Crippen LogP contribution in [0.5, 0.6) is 5.75 Å². The number of hydrogen-bond donors (Lipinski definition) is 3. The van der Waals surface area contributed by atoms with Crippen molar-refractivity contribution in [2.24, 2.45) is 0 Å². The van der Waals surface area contributed by atoms with Crippen LogP contribution in [0.25, 0.3) is 10.1 Å². The molecule has 1 saturated heterocycles. The molecule has 1 aliphatic heterocycles. The smallest absolute Gasteiger partial charge is 0.265 e. The first-order chi connectivity index (χ1) is 17.3. The summed E-state index contributed by atoms with van der Waals surface area (Å²) >= 11 is 2.85. The number of aliphatic hydroxyl groups excluding tert-OH is 1. The van der Waals surface area contributed by atoms with E-state index in [-0.39, 0.29) is 29.9 Å². The normalized spacial score (nSPS) is 14.3. The van der Waals surface area contributed by atoms with E-state index in [0.29, 0.717) is 47.8 Å². The zero-order chi connectivity index (χ0) is 25.8. The summed E-state index contributed by atoms with van der Waals surface area (Å²) in [5.74, 6) is -0.147. The third kappa shape index (κ3) is 5.71. The second-order valence-electron chi connectivity index (χ2n) is 9.04. The molecule has 10 heteroatoms. The van der Waals surface area contributed by atoms with Gasteiger partial charge in [-0.25, -0.2) is 0 Å². The number of benzene rings is 1. The number of carbonyl (C=O) groups is 3. The molecular weight excluding hydrogens is 498 g/mol. The molecule has 3 amide bonds. The highest BCUT2D eigenvalue weighted by Crippen LogP contribution is 2.41. The predicted octanol–water partition coefficient (Wildman–Crippen LogP) is 4.28. The van der Waals surface area contributed by atoms with Gasteiger partial charge in [-0.3, -0.25) is 14.4 Å². The van der Waals surface area contributed by atoms with Crippen molar-refractivity contribution in [1.82, 2.24) is 10.2 Å². The molecule has 0 bridgehead atoms. The lowest BCUT2D eigenvalue weighted by molar-refractivity contribution is -0.135. The van der Waals surface area contributed by atoms with Gasteiger partial charge in [-0.15, -0.1) is 11.3 Å². The topological polar surface area (TPSA) is 108 Å². The average molecular weight is 530 g/mol. The molecule has 1 aliphatic rings. The Morgan fingerprint density at radius 1 is 1.19 bits per heavy atom. The number of nitrogens with one attached hydrogen (secondary N) is 2. The van der Waals surface area contributed by atoms with Gasteiger partial charge in [0.05, 0.1) is 11.7 Å². The summed E-state index contributed by atoms with van der Waals surface area (Å²) in [5, 5.41) is 19.7. The number of carbonyl (C=O) groups excluding carboxylic acids is 3. The second-order valence-corrected chi connectivity index (χ2v) is 10.9. The van der Waals surface area contributed by atoms with Crippen molar-refractivity contribution < 1.29 is 24.2 Å². The third-order valence-corrected chi connectivity index (χ3v) is 7.97. The highest BCUT2D eigenvalue weighted by Gasteiger charge is 2.27. The molecule has 0 aliphatic carbocycles. The van der Waals surface area contributed by atoms with Crippen molar-refractivity contribution in [1.29, 1.82) is 0 Å². The van der Waals surface area contributed by atoms with Crippen LogP contribution in [-0.2, 0) is 11.2 Å². The first-order valence-corrected chi connectivity index (χ1v) is 13.9. The van der Waals surface area contributed by atoms with E-state index in [1.807, 2.05) is 43.7 Å². The summed E-state index contributed by atoms with van der Waals surface area (Å²) in [6.07, 6.45) is 1.83. The minimum absolute atomic E-state index is 0.0657. The fourth-order valence-electron chi connectivity index (χ4n) is 4.29. The summed E-state index contributed by atoms with van der Waals surface area (Å²) in [7, 11) is 0. The third-order valence-electron chi connectivity index (χ3n) is 6.16. The van der Waals surface area contributed by atoms with E-state index in [9.17, 15) is 14.4 Å². The SMILES string of the molecule is CCc1cc2sc(C(=O)NC3CCN(C(=O)CO)CC3)c(OC(C)C)c2cc1NC(=O)c1ccsc1. The molecule has 4 rings (SSSR count). The van der Waals surface area contributed by atoms with E-state index in [2.05, 4.69) is 10.6 Å². The largest absolute Gasteiger partial charge is 0.489 e. The van der Waals surface area contributed by atoms with Crippen LogP contribution < -0.4 is 15.4 Å². The first kappa shape index (κ1) is 26.1. The Kier molecular flexibility index (Phi) is 8.28. The summed E-state index contributed by atoms with van der Waals surface area (Å²) < 4.78 is 7.06. The van der Waals surface area contributed by atoms with Crippen LogP contribution in [0.15, 0.2) is 29.0 Å². The lowest BCUT2D eigenvalue weighted by Gasteiger charge is -2.32. The molecule has 36 heavy (non-hydrogen) atoms. The number of thiophene rings is 2. The highest BCUT2D eigenvalue weighted by molar-refractivity contribution is 7.21. The minimum atomic E-state index is -0.496. The second kappa shape index (κ2) is 11.4. The van der Waals surface area contributed by atoms with Crippen LogP contribution in [0, 0.1) is 0 Å². The van der Waals surface area contributed by atoms with Gasteiger partial charge in [0.25, 0.3) is 11.8 Å². The number of ether oxygens (including phenoxy) is 1. The van der Waals surface area contributed by atoms with E-state index < -0.39 is 6.61 Å². The number of amides is 3. The van der Waals surface area contributed by atoms with Gasteiger partial charge in [0.1, 0.15) is 11.5 Å². The van der Waals surface area contributed by atoms with Crippen molar-refractivity contribution in [3.63, 3.8) is 0 Å². The molecule has 0 atom stereocenters. The van der Waals surface area contributed by atoms with Gasteiger partial charge >= 0.3 is 0 Å². The maximum atomic E-state index is 13.4. The molecular formula is C26H31N3O5S2. The molecule has 0 saturated carbocycles. The number of nitrogens with zero attached hydrogens (tertiary/aromatic N) is 1. The van der Waals surface area contributed by atoms with E-state index in [0.717, 1.165) is 22.1 Å². The molecule has 1 aromatic carbocycles. The number of fused-ring (bicyclic) bond motifs is 1. The fourth-order valence-corrected chi connectivity index (χ4v) is 6.01. The van der Waals surface area contributed by atoms with E-state index in [1.165, 1.54) is 22.7 Å². The average Bonchev–Trinajstić information content (AvgIpc) is 3.52. The van der Waals surface area contributed by atoms with Gasteiger partial charge in [0, 0.05) is 40.3 Å². The van der Waals surface area contributed by atoms with Crippen LogP contribution in [0.1, 0.15) is 59.2 Å². The highest BCUT2D eigenvalue weighted by atomic mass is 32.1. The lowest BCUT2D eigenvalue weighted by Crippen LogP contribution is -2.47. The van der Waals surface area contributed by atoms with Crippen LogP contribution >= 0.6 is 22.7 Å². The van der Waals surface area contributed by atoms with Gasteiger partial charge in [0.2, 0.25) is 5.91 Å². The number of aryl methyl sites for hydroxylation is 1. The number of likely N-dealkylation sites (tertiary alicyclic amines) is 1. The van der Waals surface area contributed by atoms with Crippen molar-refractivity contribution in [3.05, 3.63) is 45.0 Å². The maximum Gasteiger partial charge on any atom is 0.265 e.